The van der Waals surface area contributed by atoms with Crippen LogP contribution in [-0.4, -0.2) is 32.3 Å². The molecule has 0 saturated carbocycles. The van der Waals surface area contributed by atoms with Gasteiger partial charge in [-0.2, -0.15) is 0 Å². The second-order valence-corrected chi connectivity index (χ2v) is 4.41. The van der Waals surface area contributed by atoms with Gasteiger partial charge in [0.2, 0.25) is 0 Å². The van der Waals surface area contributed by atoms with Gasteiger partial charge in [-0.3, -0.25) is 0 Å². The van der Waals surface area contributed by atoms with Crippen LogP contribution in [0.1, 0.15) is 12.5 Å². The smallest absolute Gasteiger partial charge is 0.0667 e. The Morgan fingerprint density at radius 1 is 1.50 bits per heavy atom. The van der Waals surface area contributed by atoms with Crippen LogP contribution in [0.4, 0.5) is 5.69 Å². The third kappa shape index (κ3) is 2.74. The van der Waals surface area contributed by atoms with Crippen LogP contribution >= 0.6 is 0 Å². The molecule has 2 unspecified atom stereocenters. The molecule has 88 valence electrons. The van der Waals surface area contributed by atoms with Crippen molar-refractivity contribution < 1.29 is 4.74 Å². The zero-order valence-electron chi connectivity index (χ0n) is 9.99. The van der Waals surface area contributed by atoms with Crippen LogP contribution in [0.3, 0.4) is 0 Å². The molecule has 0 spiro atoms. The highest BCUT2D eigenvalue weighted by Crippen LogP contribution is 2.24. The molecular formula is C13H20N2O. The molecule has 0 saturated heterocycles. The van der Waals surface area contributed by atoms with Gasteiger partial charge in [0.15, 0.2) is 0 Å². The van der Waals surface area contributed by atoms with Crippen LogP contribution in [0.2, 0.25) is 0 Å². The quantitative estimate of drug-likeness (QED) is 0.791. The Hall–Kier alpha value is -1.06. The van der Waals surface area contributed by atoms with Crippen LogP contribution in [0.5, 0.6) is 0 Å². The van der Waals surface area contributed by atoms with Crippen molar-refractivity contribution in [3.05, 3.63) is 29.8 Å². The number of fused-ring (bicyclic) bond motifs is 1. The summed E-state index contributed by atoms with van der Waals surface area (Å²) in [6.45, 7) is 3.97. The highest BCUT2D eigenvalue weighted by molar-refractivity contribution is 5.56. The summed E-state index contributed by atoms with van der Waals surface area (Å²) in [4.78, 5) is 0. The molecule has 3 heteroatoms. The van der Waals surface area contributed by atoms with Crippen molar-refractivity contribution in [3.8, 4) is 0 Å². The van der Waals surface area contributed by atoms with Gasteiger partial charge in [0, 0.05) is 31.9 Å². The summed E-state index contributed by atoms with van der Waals surface area (Å²) in [5.41, 5.74) is 2.71. The highest BCUT2D eigenvalue weighted by atomic mass is 16.5. The van der Waals surface area contributed by atoms with Gasteiger partial charge in [-0.1, -0.05) is 18.2 Å². The predicted octanol–water partition coefficient (Wildman–Crippen LogP) is 1.65. The SMILES string of the molecule is COC(C)CNCC1Cc2ccccc2N1. The lowest BCUT2D eigenvalue weighted by Gasteiger charge is -2.15. The Morgan fingerprint density at radius 3 is 3.06 bits per heavy atom. The Morgan fingerprint density at radius 2 is 2.31 bits per heavy atom. The van der Waals surface area contributed by atoms with E-state index in [0.717, 1.165) is 19.5 Å². The van der Waals surface area contributed by atoms with Gasteiger partial charge in [-0.05, 0) is 25.0 Å². The largest absolute Gasteiger partial charge is 0.380 e. The van der Waals surface area contributed by atoms with Crippen molar-refractivity contribution >= 4 is 5.69 Å². The number of para-hydroxylation sites is 1. The first-order valence-electron chi connectivity index (χ1n) is 5.87. The van der Waals surface area contributed by atoms with E-state index in [1.54, 1.807) is 7.11 Å². The zero-order valence-corrected chi connectivity index (χ0v) is 9.99. The number of nitrogens with one attached hydrogen (secondary N) is 2. The molecule has 2 atom stereocenters. The molecule has 0 fully saturated rings. The number of hydrogen-bond donors (Lipinski definition) is 2. The van der Waals surface area contributed by atoms with Crippen molar-refractivity contribution in [2.45, 2.75) is 25.5 Å². The van der Waals surface area contributed by atoms with E-state index in [1.807, 2.05) is 0 Å². The zero-order chi connectivity index (χ0) is 11.4. The molecule has 1 aromatic carbocycles. The predicted molar refractivity (Wildman–Crippen MR) is 66.9 cm³/mol. The van der Waals surface area contributed by atoms with Crippen LogP contribution in [0.25, 0.3) is 0 Å². The summed E-state index contributed by atoms with van der Waals surface area (Å²) in [7, 11) is 1.75. The van der Waals surface area contributed by atoms with Crippen LogP contribution in [0.15, 0.2) is 24.3 Å². The second kappa shape index (κ2) is 5.32. The van der Waals surface area contributed by atoms with Crippen LogP contribution < -0.4 is 10.6 Å². The first-order valence-corrected chi connectivity index (χ1v) is 5.87. The first kappa shape index (κ1) is 11.4. The second-order valence-electron chi connectivity index (χ2n) is 4.41. The number of rotatable bonds is 5. The number of anilines is 1. The fraction of sp³-hybridized carbons (Fsp3) is 0.538. The molecule has 0 amide bonds. The minimum absolute atomic E-state index is 0.281. The maximum atomic E-state index is 5.19. The average molecular weight is 220 g/mol. The van der Waals surface area contributed by atoms with Gasteiger partial charge in [0.25, 0.3) is 0 Å². The van der Waals surface area contributed by atoms with Crippen molar-refractivity contribution in [3.63, 3.8) is 0 Å². The molecule has 1 aliphatic heterocycles. The van der Waals surface area contributed by atoms with Crippen molar-refractivity contribution in [2.75, 3.05) is 25.5 Å². The molecule has 0 aliphatic carbocycles. The van der Waals surface area contributed by atoms with E-state index in [9.17, 15) is 0 Å². The van der Waals surface area contributed by atoms with Crippen molar-refractivity contribution in [1.82, 2.24) is 5.32 Å². The lowest BCUT2D eigenvalue weighted by Crippen LogP contribution is -2.35. The van der Waals surface area contributed by atoms with Crippen molar-refractivity contribution in [2.24, 2.45) is 0 Å². The Bertz CT molecular complexity index is 315. The summed E-state index contributed by atoms with van der Waals surface area (Å²) < 4.78 is 5.19. The Balaban J connectivity index is 1.75. The van der Waals surface area contributed by atoms with E-state index in [1.165, 1.54) is 11.3 Å². The molecule has 2 N–H and O–H groups in total. The van der Waals surface area contributed by atoms with E-state index < -0.39 is 0 Å². The van der Waals surface area contributed by atoms with Crippen LogP contribution in [-0.2, 0) is 11.2 Å². The Kier molecular flexibility index (Phi) is 3.80. The molecule has 3 nitrogen and oxygen atoms in total. The standard InChI is InChI=1S/C13H20N2O/c1-10(16-2)8-14-9-12-7-11-5-3-4-6-13(11)15-12/h3-6,10,12,14-15H,7-9H2,1-2H3. The fourth-order valence-electron chi connectivity index (χ4n) is 2.04. The van der Waals surface area contributed by atoms with Gasteiger partial charge in [0.05, 0.1) is 6.10 Å². The molecule has 1 aromatic rings. The molecule has 1 aliphatic rings. The monoisotopic (exact) mass is 220 g/mol. The molecule has 0 aromatic heterocycles. The number of hydrogen-bond acceptors (Lipinski definition) is 3. The van der Waals surface area contributed by atoms with E-state index in [2.05, 4.69) is 41.8 Å². The van der Waals surface area contributed by atoms with Crippen molar-refractivity contribution in [1.29, 1.82) is 0 Å². The van der Waals surface area contributed by atoms with E-state index >= 15 is 0 Å². The summed E-state index contributed by atoms with van der Waals surface area (Å²) >= 11 is 0. The normalized spacial score (nSPS) is 20.2. The number of ether oxygens (including phenoxy) is 1. The molecular weight excluding hydrogens is 200 g/mol. The maximum absolute atomic E-state index is 5.19. The Labute approximate surface area is 97.2 Å². The minimum atomic E-state index is 0.281. The van der Waals surface area contributed by atoms with Crippen LogP contribution in [0, 0.1) is 0 Å². The maximum Gasteiger partial charge on any atom is 0.0667 e. The van der Waals surface area contributed by atoms with Gasteiger partial charge in [-0.25, -0.2) is 0 Å². The summed E-state index contributed by atoms with van der Waals surface area (Å²) in [5.74, 6) is 0. The van der Waals surface area contributed by atoms with Gasteiger partial charge in [-0.15, -0.1) is 0 Å². The highest BCUT2D eigenvalue weighted by Gasteiger charge is 2.19. The lowest BCUT2D eigenvalue weighted by molar-refractivity contribution is 0.117. The first-order chi connectivity index (χ1) is 7.79. The summed E-state index contributed by atoms with van der Waals surface area (Å²) in [5, 5.41) is 6.95. The van der Waals surface area contributed by atoms with E-state index in [0.29, 0.717) is 6.04 Å². The molecule has 2 rings (SSSR count). The van der Waals surface area contributed by atoms with Gasteiger partial charge < -0.3 is 15.4 Å². The topological polar surface area (TPSA) is 33.3 Å². The lowest BCUT2D eigenvalue weighted by atomic mass is 10.1. The number of methoxy groups -OCH3 is 1. The minimum Gasteiger partial charge on any atom is -0.380 e. The van der Waals surface area contributed by atoms with E-state index in [4.69, 9.17) is 4.74 Å². The number of benzene rings is 1. The summed E-state index contributed by atoms with van der Waals surface area (Å²) in [6, 6.07) is 9.03. The van der Waals surface area contributed by atoms with E-state index in [-0.39, 0.29) is 6.10 Å². The molecule has 1 heterocycles. The molecule has 16 heavy (non-hydrogen) atoms. The third-order valence-electron chi connectivity index (χ3n) is 3.07. The fourth-order valence-corrected chi connectivity index (χ4v) is 2.04. The third-order valence-corrected chi connectivity index (χ3v) is 3.07. The van der Waals surface area contributed by atoms with Gasteiger partial charge >= 0.3 is 0 Å². The molecule has 0 radical (unpaired) electrons. The average Bonchev–Trinajstić information content (AvgIpc) is 2.71. The molecule has 0 bridgehead atoms. The van der Waals surface area contributed by atoms with Gasteiger partial charge in [0.1, 0.15) is 0 Å². The summed E-state index contributed by atoms with van der Waals surface area (Å²) in [6.07, 6.45) is 1.40.